The Balaban J connectivity index is 1.53. The SMILES string of the molecule is CCOC(=O)c1ccc(NC(=O)NCCCN(C(=O)Nc2ccc(C)cc2)c2ccc(F)cc2)cc1. The molecule has 3 aromatic carbocycles. The fourth-order valence-corrected chi connectivity index (χ4v) is 3.32. The molecule has 3 rings (SSSR count). The zero-order chi connectivity index (χ0) is 25.9. The second-order valence-corrected chi connectivity index (χ2v) is 7.96. The molecule has 0 unspecified atom stereocenters. The lowest BCUT2D eigenvalue weighted by Gasteiger charge is -2.23. The Bertz CT molecular complexity index is 1170. The van der Waals surface area contributed by atoms with Crippen molar-refractivity contribution in [2.45, 2.75) is 20.3 Å². The van der Waals surface area contributed by atoms with Gasteiger partial charge in [-0.05, 0) is 80.9 Å². The molecule has 0 saturated heterocycles. The molecule has 8 nitrogen and oxygen atoms in total. The number of nitrogens with zero attached hydrogens (tertiary/aromatic N) is 1. The first-order valence-corrected chi connectivity index (χ1v) is 11.6. The monoisotopic (exact) mass is 492 g/mol. The molecule has 0 fully saturated rings. The predicted molar refractivity (Wildman–Crippen MR) is 138 cm³/mol. The van der Waals surface area contributed by atoms with Gasteiger partial charge in [0, 0.05) is 30.2 Å². The fourth-order valence-electron chi connectivity index (χ4n) is 3.32. The molecule has 0 aromatic heterocycles. The molecule has 0 aliphatic heterocycles. The molecule has 4 amide bonds. The molecule has 0 heterocycles. The van der Waals surface area contributed by atoms with Crippen LogP contribution >= 0.6 is 0 Å². The summed E-state index contributed by atoms with van der Waals surface area (Å²) in [5.74, 6) is -0.822. The van der Waals surface area contributed by atoms with E-state index in [1.54, 1.807) is 43.3 Å². The number of amides is 4. The number of aryl methyl sites for hydroxylation is 1. The van der Waals surface area contributed by atoms with Crippen LogP contribution in [0.2, 0.25) is 0 Å². The fraction of sp³-hybridized carbons (Fsp3) is 0.222. The molecule has 3 aromatic rings. The second-order valence-electron chi connectivity index (χ2n) is 7.96. The van der Waals surface area contributed by atoms with Crippen LogP contribution in [-0.2, 0) is 4.74 Å². The van der Waals surface area contributed by atoms with Crippen molar-refractivity contribution in [2.24, 2.45) is 0 Å². The maximum absolute atomic E-state index is 13.4. The number of carbonyl (C=O) groups is 3. The van der Waals surface area contributed by atoms with E-state index in [1.807, 2.05) is 19.1 Å². The minimum Gasteiger partial charge on any atom is -0.462 e. The third kappa shape index (κ3) is 7.83. The highest BCUT2D eigenvalue weighted by Crippen LogP contribution is 2.18. The maximum Gasteiger partial charge on any atom is 0.338 e. The van der Waals surface area contributed by atoms with E-state index in [9.17, 15) is 18.8 Å². The molecule has 9 heteroatoms. The first kappa shape index (κ1) is 26.2. The molecule has 0 saturated carbocycles. The minimum atomic E-state index is -0.425. The summed E-state index contributed by atoms with van der Waals surface area (Å²) >= 11 is 0. The van der Waals surface area contributed by atoms with E-state index >= 15 is 0 Å². The van der Waals surface area contributed by atoms with Gasteiger partial charge >= 0.3 is 18.0 Å². The number of ether oxygens (including phenoxy) is 1. The molecule has 0 radical (unpaired) electrons. The van der Waals surface area contributed by atoms with Gasteiger partial charge in [-0.25, -0.2) is 18.8 Å². The van der Waals surface area contributed by atoms with Crippen molar-refractivity contribution >= 4 is 35.1 Å². The summed E-state index contributed by atoms with van der Waals surface area (Å²) in [5, 5.41) is 8.27. The highest BCUT2D eigenvalue weighted by atomic mass is 19.1. The average molecular weight is 493 g/mol. The molecular formula is C27H29FN4O4. The topological polar surface area (TPSA) is 99.8 Å². The molecule has 0 aliphatic rings. The summed E-state index contributed by atoms with van der Waals surface area (Å²) in [6.45, 7) is 4.55. The quantitative estimate of drug-likeness (QED) is 0.269. The number of esters is 1. The number of rotatable bonds is 9. The van der Waals surface area contributed by atoms with E-state index in [4.69, 9.17) is 4.74 Å². The van der Waals surface area contributed by atoms with E-state index < -0.39 is 17.8 Å². The maximum atomic E-state index is 13.4. The van der Waals surface area contributed by atoms with Crippen molar-refractivity contribution in [1.29, 1.82) is 0 Å². The van der Waals surface area contributed by atoms with E-state index in [-0.39, 0.29) is 19.2 Å². The van der Waals surface area contributed by atoms with Crippen molar-refractivity contribution in [1.82, 2.24) is 5.32 Å². The number of nitrogens with one attached hydrogen (secondary N) is 3. The van der Waals surface area contributed by atoms with Crippen LogP contribution in [-0.4, -0.2) is 37.7 Å². The third-order valence-electron chi connectivity index (χ3n) is 5.18. The lowest BCUT2D eigenvalue weighted by atomic mass is 10.2. The van der Waals surface area contributed by atoms with Crippen LogP contribution in [0.25, 0.3) is 0 Å². The highest BCUT2D eigenvalue weighted by Gasteiger charge is 2.16. The number of halogens is 1. The van der Waals surface area contributed by atoms with Gasteiger partial charge in [0.1, 0.15) is 5.82 Å². The van der Waals surface area contributed by atoms with Gasteiger partial charge in [0.05, 0.1) is 12.2 Å². The van der Waals surface area contributed by atoms with Crippen molar-refractivity contribution in [3.8, 4) is 0 Å². The zero-order valence-electron chi connectivity index (χ0n) is 20.2. The van der Waals surface area contributed by atoms with E-state index in [0.717, 1.165) is 5.56 Å². The van der Waals surface area contributed by atoms with Crippen LogP contribution in [0, 0.1) is 12.7 Å². The highest BCUT2D eigenvalue weighted by molar-refractivity contribution is 6.01. The van der Waals surface area contributed by atoms with Crippen molar-refractivity contribution in [3.63, 3.8) is 0 Å². The van der Waals surface area contributed by atoms with Gasteiger partial charge < -0.3 is 20.7 Å². The summed E-state index contributed by atoms with van der Waals surface area (Å²) in [6, 6.07) is 18.6. The first-order valence-electron chi connectivity index (χ1n) is 11.6. The Kier molecular flexibility index (Phi) is 9.39. The second kappa shape index (κ2) is 12.9. The predicted octanol–water partition coefficient (Wildman–Crippen LogP) is 5.56. The summed E-state index contributed by atoms with van der Waals surface area (Å²) < 4.78 is 18.3. The lowest BCUT2D eigenvalue weighted by Crippen LogP contribution is -2.38. The van der Waals surface area contributed by atoms with Gasteiger partial charge in [0.2, 0.25) is 0 Å². The van der Waals surface area contributed by atoms with Crippen LogP contribution < -0.4 is 20.9 Å². The smallest absolute Gasteiger partial charge is 0.338 e. The number of carbonyl (C=O) groups excluding carboxylic acids is 3. The molecule has 0 aliphatic carbocycles. The van der Waals surface area contributed by atoms with Crippen LogP contribution in [0.5, 0.6) is 0 Å². The lowest BCUT2D eigenvalue weighted by molar-refractivity contribution is 0.0526. The Hall–Kier alpha value is -4.40. The molecule has 36 heavy (non-hydrogen) atoms. The van der Waals surface area contributed by atoms with Crippen LogP contribution in [0.4, 0.5) is 31.0 Å². The third-order valence-corrected chi connectivity index (χ3v) is 5.18. The summed E-state index contributed by atoms with van der Waals surface area (Å²) in [4.78, 5) is 38.4. The van der Waals surface area contributed by atoms with Gasteiger partial charge in [0.15, 0.2) is 0 Å². The van der Waals surface area contributed by atoms with Gasteiger partial charge in [-0.3, -0.25) is 4.90 Å². The minimum absolute atomic E-state index is 0.285. The van der Waals surface area contributed by atoms with Crippen molar-refractivity contribution in [3.05, 3.63) is 89.7 Å². The zero-order valence-corrected chi connectivity index (χ0v) is 20.2. The van der Waals surface area contributed by atoms with E-state index in [2.05, 4.69) is 16.0 Å². The summed E-state index contributed by atoms with van der Waals surface area (Å²) in [6.07, 6.45) is 0.452. The number of hydrogen-bond acceptors (Lipinski definition) is 4. The van der Waals surface area contributed by atoms with Crippen LogP contribution in [0.1, 0.15) is 29.3 Å². The summed E-state index contributed by atoms with van der Waals surface area (Å²) in [5.41, 5.74) is 3.16. The number of benzene rings is 3. The molecule has 3 N–H and O–H groups in total. The number of hydrogen-bond donors (Lipinski definition) is 3. The molecule has 0 spiro atoms. The van der Waals surface area contributed by atoms with Gasteiger partial charge in [0.25, 0.3) is 0 Å². The normalized spacial score (nSPS) is 10.3. The van der Waals surface area contributed by atoms with Crippen molar-refractivity contribution < 1.29 is 23.5 Å². The average Bonchev–Trinajstić information content (AvgIpc) is 2.87. The van der Waals surface area contributed by atoms with Gasteiger partial charge in [-0.1, -0.05) is 17.7 Å². The van der Waals surface area contributed by atoms with E-state index in [1.165, 1.54) is 29.2 Å². The molecule has 0 bridgehead atoms. The van der Waals surface area contributed by atoms with Crippen LogP contribution in [0.15, 0.2) is 72.8 Å². The largest absolute Gasteiger partial charge is 0.462 e. The Labute approximate surface area is 209 Å². The standard InChI is InChI=1S/C27H29FN4O4/c1-3-36-25(33)20-7-13-22(14-8-20)30-26(34)29-17-4-18-32(24-15-9-21(28)10-16-24)27(35)31-23-11-5-19(2)6-12-23/h5-16H,3-4,17-18H2,1-2H3,(H,31,35)(H2,29,30,34). The van der Waals surface area contributed by atoms with Gasteiger partial charge in [-0.2, -0.15) is 0 Å². The van der Waals surface area contributed by atoms with Gasteiger partial charge in [-0.15, -0.1) is 0 Å². The first-order chi connectivity index (χ1) is 17.4. The molecule has 188 valence electrons. The van der Waals surface area contributed by atoms with E-state index in [0.29, 0.717) is 35.6 Å². The van der Waals surface area contributed by atoms with Crippen LogP contribution in [0.3, 0.4) is 0 Å². The Morgan fingerprint density at radius 1 is 0.861 bits per heavy atom. The summed E-state index contributed by atoms with van der Waals surface area (Å²) in [7, 11) is 0. The number of anilines is 3. The Morgan fingerprint density at radius 3 is 2.11 bits per heavy atom. The molecule has 0 atom stereocenters. The van der Waals surface area contributed by atoms with Crippen molar-refractivity contribution in [2.75, 3.05) is 35.2 Å². The Morgan fingerprint density at radius 2 is 1.47 bits per heavy atom. The molecular weight excluding hydrogens is 463 g/mol. The number of urea groups is 2.